The van der Waals surface area contributed by atoms with Crippen LogP contribution in [-0.4, -0.2) is 31.6 Å². The molecule has 98 valence electrons. The van der Waals surface area contributed by atoms with Gasteiger partial charge in [0.2, 0.25) is 0 Å². The summed E-state index contributed by atoms with van der Waals surface area (Å²) in [6.07, 6.45) is 0.796. The van der Waals surface area contributed by atoms with Crippen LogP contribution in [0.5, 0.6) is 0 Å². The first-order valence-electron chi connectivity index (χ1n) is 5.74. The van der Waals surface area contributed by atoms with Gasteiger partial charge in [0.1, 0.15) is 0 Å². The molecule has 0 saturated heterocycles. The first-order chi connectivity index (χ1) is 8.63. The van der Waals surface area contributed by atoms with Gasteiger partial charge in [0, 0.05) is 18.7 Å². The number of amides is 3. The van der Waals surface area contributed by atoms with Gasteiger partial charge >= 0.3 is 6.03 Å². The first kappa shape index (κ1) is 14.0. The second kappa shape index (κ2) is 7.29. The van der Waals surface area contributed by atoms with Crippen molar-refractivity contribution < 1.29 is 9.59 Å². The summed E-state index contributed by atoms with van der Waals surface area (Å²) in [5.41, 5.74) is 12.0. The van der Waals surface area contributed by atoms with Gasteiger partial charge in [0.05, 0.1) is 0 Å². The van der Waals surface area contributed by atoms with Gasteiger partial charge in [-0.3, -0.25) is 4.79 Å². The molecule has 6 heteroatoms. The lowest BCUT2D eigenvalue weighted by Crippen LogP contribution is -2.37. The highest BCUT2D eigenvalue weighted by molar-refractivity contribution is 5.94. The fourth-order valence-electron chi connectivity index (χ4n) is 1.45. The second-order valence-corrected chi connectivity index (χ2v) is 3.78. The normalized spacial score (nSPS) is 9.83. The van der Waals surface area contributed by atoms with Crippen molar-refractivity contribution >= 4 is 11.9 Å². The lowest BCUT2D eigenvalue weighted by Gasteiger charge is -2.06. The van der Waals surface area contributed by atoms with Gasteiger partial charge in [-0.1, -0.05) is 12.1 Å². The van der Waals surface area contributed by atoms with Crippen LogP contribution in [0.3, 0.4) is 0 Å². The maximum Gasteiger partial charge on any atom is 0.312 e. The van der Waals surface area contributed by atoms with Gasteiger partial charge in [0.25, 0.3) is 5.91 Å². The number of carbonyl (C=O) groups is 2. The quantitative estimate of drug-likeness (QED) is 0.515. The zero-order valence-corrected chi connectivity index (χ0v) is 10.1. The molecular formula is C12H18N4O2. The zero-order chi connectivity index (χ0) is 13.4. The minimum Gasteiger partial charge on any atom is -0.352 e. The van der Waals surface area contributed by atoms with Crippen molar-refractivity contribution in [2.45, 2.75) is 6.42 Å². The van der Waals surface area contributed by atoms with Crippen molar-refractivity contribution in [3.8, 4) is 0 Å². The maximum absolute atomic E-state index is 11.7. The Hall–Kier alpha value is -2.08. The van der Waals surface area contributed by atoms with Crippen LogP contribution in [-0.2, 0) is 6.42 Å². The molecule has 0 atom stereocenters. The Morgan fingerprint density at radius 2 is 1.67 bits per heavy atom. The second-order valence-electron chi connectivity index (χ2n) is 3.78. The Kier molecular flexibility index (Phi) is 5.66. The van der Waals surface area contributed by atoms with Crippen molar-refractivity contribution in [3.05, 3.63) is 35.4 Å². The molecule has 1 rings (SSSR count). The van der Waals surface area contributed by atoms with E-state index in [9.17, 15) is 9.59 Å². The van der Waals surface area contributed by atoms with E-state index in [1.54, 1.807) is 12.1 Å². The standard InChI is InChI=1S/C12H18N4O2/c13-6-5-9-1-3-10(4-2-9)11(17)15-7-8-16-12(14)18/h1-4H,5-8,13H2,(H,15,17)(H3,14,16,18). The maximum atomic E-state index is 11.7. The van der Waals surface area contributed by atoms with E-state index in [1.165, 1.54) is 0 Å². The molecule has 0 radical (unpaired) electrons. The van der Waals surface area contributed by atoms with Crippen molar-refractivity contribution in [1.29, 1.82) is 0 Å². The molecule has 0 fully saturated rings. The fourth-order valence-corrected chi connectivity index (χ4v) is 1.45. The van der Waals surface area contributed by atoms with Gasteiger partial charge < -0.3 is 22.1 Å². The summed E-state index contributed by atoms with van der Waals surface area (Å²) in [6, 6.07) is 6.66. The summed E-state index contributed by atoms with van der Waals surface area (Å²) in [5.74, 6) is -0.180. The third-order valence-corrected chi connectivity index (χ3v) is 2.36. The molecule has 6 N–H and O–H groups in total. The largest absolute Gasteiger partial charge is 0.352 e. The SMILES string of the molecule is NCCc1ccc(C(=O)NCCNC(N)=O)cc1. The molecule has 0 spiro atoms. The average Bonchev–Trinajstić information content (AvgIpc) is 2.35. The Morgan fingerprint density at radius 1 is 1.06 bits per heavy atom. The zero-order valence-electron chi connectivity index (χ0n) is 10.1. The van der Waals surface area contributed by atoms with Gasteiger partial charge in [-0.15, -0.1) is 0 Å². The number of urea groups is 1. The molecule has 1 aromatic rings. The Balaban J connectivity index is 2.39. The number of benzene rings is 1. The van der Waals surface area contributed by atoms with Gasteiger partial charge in [-0.05, 0) is 30.7 Å². The average molecular weight is 250 g/mol. The molecule has 0 aromatic heterocycles. The van der Waals surface area contributed by atoms with Crippen LogP contribution >= 0.6 is 0 Å². The summed E-state index contributed by atoms with van der Waals surface area (Å²) in [7, 11) is 0. The molecule has 0 aliphatic rings. The van der Waals surface area contributed by atoms with Gasteiger partial charge in [0.15, 0.2) is 0 Å². The number of hydrogen-bond acceptors (Lipinski definition) is 3. The Labute approximate surface area is 106 Å². The summed E-state index contributed by atoms with van der Waals surface area (Å²) < 4.78 is 0. The monoisotopic (exact) mass is 250 g/mol. The van der Waals surface area contributed by atoms with E-state index in [0.29, 0.717) is 25.2 Å². The minimum atomic E-state index is -0.601. The van der Waals surface area contributed by atoms with E-state index >= 15 is 0 Å². The molecule has 0 saturated carbocycles. The van der Waals surface area contributed by atoms with Crippen molar-refractivity contribution in [3.63, 3.8) is 0 Å². The molecule has 3 amide bonds. The number of carbonyl (C=O) groups excluding carboxylic acids is 2. The van der Waals surface area contributed by atoms with E-state index in [-0.39, 0.29) is 5.91 Å². The third-order valence-electron chi connectivity index (χ3n) is 2.36. The van der Waals surface area contributed by atoms with Crippen molar-refractivity contribution in [2.24, 2.45) is 11.5 Å². The highest BCUT2D eigenvalue weighted by Crippen LogP contribution is 2.04. The Morgan fingerprint density at radius 3 is 2.22 bits per heavy atom. The number of primary amides is 1. The summed E-state index contributed by atoms with van der Waals surface area (Å²) in [4.78, 5) is 22.1. The smallest absolute Gasteiger partial charge is 0.312 e. The number of rotatable bonds is 6. The van der Waals surface area contributed by atoms with E-state index in [2.05, 4.69) is 10.6 Å². The van der Waals surface area contributed by atoms with Crippen molar-refractivity contribution in [1.82, 2.24) is 10.6 Å². The predicted octanol–water partition coefficient (Wildman–Crippen LogP) is -0.414. The van der Waals surface area contributed by atoms with Crippen LogP contribution in [0, 0.1) is 0 Å². The van der Waals surface area contributed by atoms with Crippen LogP contribution in [0.4, 0.5) is 4.79 Å². The van der Waals surface area contributed by atoms with Crippen LogP contribution < -0.4 is 22.1 Å². The van der Waals surface area contributed by atoms with Crippen LogP contribution in [0.25, 0.3) is 0 Å². The van der Waals surface area contributed by atoms with Crippen LogP contribution in [0.1, 0.15) is 15.9 Å². The number of hydrogen-bond donors (Lipinski definition) is 4. The summed E-state index contributed by atoms with van der Waals surface area (Å²) in [6.45, 7) is 1.24. The molecule has 0 aliphatic carbocycles. The summed E-state index contributed by atoms with van der Waals surface area (Å²) >= 11 is 0. The first-order valence-corrected chi connectivity index (χ1v) is 5.74. The lowest BCUT2D eigenvalue weighted by atomic mass is 10.1. The van der Waals surface area contributed by atoms with E-state index in [1.807, 2.05) is 12.1 Å². The lowest BCUT2D eigenvalue weighted by molar-refractivity contribution is 0.0954. The molecule has 6 nitrogen and oxygen atoms in total. The summed E-state index contributed by atoms with van der Waals surface area (Å²) in [5, 5.41) is 5.06. The molecule has 0 heterocycles. The van der Waals surface area contributed by atoms with E-state index < -0.39 is 6.03 Å². The molecule has 18 heavy (non-hydrogen) atoms. The van der Waals surface area contributed by atoms with Crippen LogP contribution in [0.2, 0.25) is 0 Å². The molecular weight excluding hydrogens is 232 g/mol. The van der Waals surface area contributed by atoms with Gasteiger partial charge in [-0.25, -0.2) is 4.79 Å². The van der Waals surface area contributed by atoms with E-state index in [0.717, 1.165) is 12.0 Å². The van der Waals surface area contributed by atoms with E-state index in [4.69, 9.17) is 11.5 Å². The predicted molar refractivity (Wildman–Crippen MR) is 69.1 cm³/mol. The van der Waals surface area contributed by atoms with Gasteiger partial charge in [-0.2, -0.15) is 0 Å². The minimum absolute atomic E-state index is 0.180. The number of nitrogens with one attached hydrogen (secondary N) is 2. The molecule has 0 aliphatic heterocycles. The topological polar surface area (TPSA) is 110 Å². The molecule has 0 unspecified atom stereocenters. The fraction of sp³-hybridized carbons (Fsp3) is 0.333. The van der Waals surface area contributed by atoms with Crippen LogP contribution in [0.15, 0.2) is 24.3 Å². The van der Waals surface area contributed by atoms with Crippen molar-refractivity contribution in [2.75, 3.05) is 19.6 Å². The third kappa shape index (κ3) is 4.84. The highest BCUT2D eigenvalue weighted by atomic mass is 16.2. The molecule has 1 aromatic carbocycles. The Bertz CT molecular complexity index is 403. The molecule has 0 bridgehead atoms. The highest BCUT2D eigenvalue weighted by Gasteiger charge is 2.04. The number of nitrogens with two attached hydrogens (primary N) is 2.